The number of nitrogens with two attached hydrogens (primary N) is 1. The van der Waals surface area contributed by atoms with Gasteiger partial charge >= 0.3 is 0 Å². The molecule has 0 bridgehead atoms. The van der Waals surface area contributed by atoms with Crippen molar-refractivity contribution < 1.29 is 13.5 Å². The summed E-state index contributed by atoms with van der Waals surface area (Å²) in [4.78, 5) is 5.24. The fraction of sp³-hybridized carbons (Fsp3) is 0.250. The average molecular weight is 349 g/mol. The van der Waals surface area contributed by atoms with Crippen molar-refractivity contribution in [2.24, 2.45) is 5.73 Å². The highest BCUT2D eigenvalue weighted by atomic mass is 79.9. The highest BCUT2D eigenvalue weighted by molar-refractivity contribution is 9.10. The molecule has 102 valence electrons. The minimum absolute atomic E-state index is 0.0637. The van der Waals surface area contributed by atoms with E-state index in [1.807, 2.05) is 0 Å². The summed E-state index contributed by atoms with van der Waals surface area (Å²) < 4.78 is 31.7. The molecule has 0 radical (unpaired) electrons. The normalized spacial score (nSPS) is 11.0. The number of rotatable bonds is 4. The first-order valence-electron chi connectivity index (χ1n) is 5.40. The second kappa shape index (κ2) is 6.04. The molecule has 0 aliphatic rings. The molecule has 2 N–H and O–H groups in total. The molecule has 0 saturated heterocycles. The number of hydrogen-bond acceptors (Lipinski definition) is 4. The molecule has 0 atom stereocenters. The van der Waals surface area contributed by atoms with Crippen LogP contribution in [0, 0.1) is 11.6 Å². The Labute approximate surface area is 121 Å². The third-order valence-corrected chi connectivity index (χ3v) is 4.44. The van der Waals surface area contributed by atoms with E-state index in [0.29, 0.717) is 23.7 Å². The second-order valence-corrected chi connectivity index (χ2v) is 5.63. The second-order valence-electron chi connectivity index (χ2n) is 3.75. The standard InChI is InChI=1S/C12H11BrF2N2OS/c1-18-5-8-9(4-16)19-12(17-8)6-2-3-7(14)11(15)10(6)13/h2-3H,4-5,16H2,1H3. The monoisotopic (exact) mass is 348 g/mol. The van der Waals surface area contributed by atoms with Crippen LogP contribution < -0.4 is 5.73 Å². The van der Waals surface area contributed by atoms with Crippen molar-refractivity contribution in [3.63, 3.8) is 0 Å². The maximum absolute atomic E-state index is 13.5. The van der Waals surface area contributed by atoms with Gasteiger partial charge in [0.25, 0.3) is 0 Å². The van der Waals surface area contributed by atoms with Crippen LogP contribution in [0.15, 0.2) is 16.6 Å². The summed E-state index contributed by atoms with van der Waals surface area (Å²) in [6.07, 6.45) is 0. The number of thiazole rings is 1. The largest absolute Gasteiger partial charge is 0.378 e. The zero-order valence-electron chi connectivity index (χ0n) is 10.0. The molecule has 1 aromatic heterocycles. The number of methoxy groups -OCH3 is 1. The van der Waals surface area contributed by atoms with E-state index in [-0.39, 0.29) is 4.47 Å². The summed E-state index contributed by atoms with van der Waals surface area (Å²) in [5, 5.41) is 0.582. The van der Waals surface area contributed by atoms with Crippen LogP contribution in [0.1, 0.15) is 10.6 Å². The molecule has 0 amide bonds. The Bertz CT molecular complexity index is 604. The van der Waals surface area contributed by atoms with Crippen LogP contribution in [0.25, 0.3) is 10.6 Å². The number of halogens is 3. The summed E-state index contributed by atoms with van der Waals surface area (Å²) in [5.74, 6) is -1.82. The maximum Gasteiger partial charge on any atom is 0.173 e. The van der Waals surface area contributed by atoms with E-state index in [1.165, 1.54) is 17.4 Å². The van der Waals surface area contributed by atoms with E-state index in [2.05, 4.69) is 20.9 Å². The van der Waals surface area contributed by atoms with Crippen LogP contribution in [-0.2, 0) is 17.9 Å². The molecule has 0 saturated carbocycles. The van der Waals surface area contributed by atoms with Gasteiger partial charge in [0.15, 0.2) is 11.6 Å². The Kier molecular flexibility index (Phi) is 4.62. The van der Waals surface area contributed by atoms with Crippen LogP contribution >= 0.6 is 27.3 Å². The molecule has 3 nitrogen and oxygen atoms in total. The molecule has 2 rings (SSSR count). The predicted molar refractivity (Wildman–Crippen MR) is 73.8 cm³/mol. The van der Waals surface area contributed by atoms with Gasteiger partial charge in [-0.25, -0.2) is 13.8 Å². The Balaban J connectivity index is 2.50. The number of hydrogen-bond donors (Lipinski definition) is 1. The van der Waals surface area contributed by atoms with Crippen LogP contribution in [-0.4, -0.2) is 12.1 Å². The first-order chi connectivity index (χ1) is 9.08. The molecule has 2 aromatic rings. The summed E-state index contributed by atoms with van der Waals surface area (Å²) in [6, 6.07) is 2.56. The topological polar surface area (TPSA) is 48.1 Å². The number of aromatic nitrogens is 1. The Morgan fingerprint density at radius 2 is 2.16 bits per heavy atom. The molecule has 0 fully saturated rings. The van der Waals surface area contributed by atoms with Crippen LogP contribution in [0.5, 0.6) is 0 Å². The van der Waals surface area contributed by atoms with E-state index in [1.54, 1.807) is 7.11 Å². The summed E-state index contributed by atoms with van der Waals surface area (Å²) >= 11 is 4.40. The molecule has 1 aromatic carbocycles. The van der Waals surface area contributed by atoms with Gasteiger partial charge in [0.1, 0.15) is 5.01 Å². The maximum atomic E-state index is 13.5. The fourth-order valence-corrected chi connectivity index (χ4v) is 3.21. The van der Waals surface area contributed by atoms with Gasteiger partial charge in [0, 0.05) is 24.1 Å². The molecule has 0 aliphatic carbocycles. The average Bonchev–Trinajstić information content (AvgIpc) is 2.79. The molecular weight excluding hydrogens is 338 g/mol. The zero-order chi connectivity index (χ0) is 14.0. The van der Waals surface area contributed by atoms with Crippen LogP contribution in [0.3, 0.4) is 0 Å². The van der Waals surface area contributed by atoms with Crippen LogP contribution in [0.4, 0.5) is 8.78 Å². The molecule has 0 spiro atoms. The van der Waals surface area contributed by atoms with Gasteiger partial charge < -0.3 is 10.5 Å². The van der Waals surface area contributed by atoms with Gasteiger partial charge in [0.2, 0.25) is 0 Å². The van der Waals surface area contributed by atoms with E-state index in [0.717, 1.165) is 16.6 Å². The Morgan fingerprint density at radius 1 is 1.42 bits per heavy atom. The van der Waals surface area contributed by atoms with Crippen molar-refractivity contribution in [3.8, 4) is 10.6 Å². The number of ether oxygens (including phenoxy) is 1. The van der Waals surface area contributed by atoms with Gasteiger partial charge in [0.05, 0.1) is 16.8 Å². The summed E-state index contributed by atoms with van der Waals surface area (Å²) in [6.45, 7) is 0.669. The summed E-state index contributed by atoms with van der Waals surface area (Å²) in [7, 11) is 1.56. The fourth-order valence-electron chi connectivity index (χ4n) is 1.60. The van der Waals surface area contributed by atoms with Crippen LogP contribution in [0.2, 0.25) is 0 Å². The van der Waals surface area contributed by atoms with E-state index in [9.17, 15) is 8.78 Å². The van der Waals surface area contributed by atoms with E-state index in [4.69, 9.17) is 10.5 Å². The number of benzene rings is 1. The molecule has 1 heterocycles. The minimum atomic E-state index is -0.921. The first kappa shape index (κ1) is 14.5. The van der Waals surface area contributed by atoms with Crippen molar-refractivity contribution in [2.45, 2.75) is 13.2 Å². The third kappa shape index (κ3) is 2.84. The van der Waals surface area contributed by atoms with Crippen molar-refractivity contribution in [3.05, 3.63) is 38.8 Å². The first-order valence-corrected chi connectivity index (χ1v) is 7.00. The van der Waals surface area contributed by atoms with Crippen molar-refractivity contribution >= 4 is 27.3 Å². The Morgan fingerprint density at radius 3 is 2.79 bits per heavy atom. The summed E-state index contributed by atoms with van der Waals surface area (Å²) in [5.41, 5.74) is 6.86. The number of nitrogens with zero attached hydrogens (tertiary/aromatic N) is 1. The zero-order valence-corrected chi connectivity index (χ0v) is 12.4. The molecule has 0 aliphatic heterocycles. The smallest absolute Gasteiger partial charge is 0.173 e. The predicted octanol–water partition coefficient (Wildman–Crippen LogP) is 3.46. The third-order valence-electron chi connectivity index (χ3n) is 2.51. The highest BCUT2D eigenvalue weighted by Gasteiger charge is 2.17. The van der Waals surface area contributed by atoms with Gasteiger partial charge in [-0.2, -0.15) is 0 Å². The lowest BCUT2D eigenvalue weighted by molar-refractivity contribution is 0.181. The van der Waals surface area contributed by atoms with E-state index < -0.39 is 11.6 Å². The van der Waals surface area contributed by atoms with Gasteiger partial charge in [-0.1, -0.05) is 0 Å². The van der Waals surface area contributed by atoms with Gasteiger partial charge in [-0.3, -0.25) is 0 Å². The van der Waals surface area contributed by atoms with Gasteiger partial charge in [-0.05, 0) is 28.1 Å². The molecular formula is C12H11BrF2N2OS. The van der Waals surface area contributed by atoms with Crippen molar-refractivity contribution in [1.29, 1.82) is 0 Å². The quantitative estimate of drug-likeness (QED) is 0.860. The van der Waals surface area contributed by atoms with Crippen molar-refractivity contribution in [2.75, 3.05) is 7.11 Å². The SMILES string of the molecule is COCc1nc(-c2ccc(F)c(F)c2Br)sc1CN. The lowest BCUT2D eigenvalue weighted by atomic mass is 10.2. The minimum Gasteiger partial charge on any atom is -0.378 e. The van der Waals surface area contributed by atoms with E-state index >= 15 is 0 Å². The molecule has 7 heteroatoms. The molecule has 19 heavy (non-hydrogen) atoms. The lowest BCUT2D eigenvalue weighted by Gasteiger charge is -2.02. The molecule has 0 unspecified atom stereocenters. The Hall–Kier alpha value is -0.890. The lowest BCUT2D eigenvalue weighted by Crippen LogP contribution is -1.99. The highest BCUT2D eigenvalue weighted by Crippen LogP contribution is 2.35. The van der Waals surface area contributed by atoms with Crippen molar-refractivity contribution in [1.82, 2.24) is 4.98 Å². The van der Waals surface area contributed by atoms with Gasteiger partial charge in [-0.15, -0.1) is 11.3 Å².